The third kappa shape index (κ3) is 5.15. The lowest BCUT2D eigenvalue weighted by Crippen LogP contribution is -2.18. The Morgan fingerprint density at radius 3 is 2.47 bits per heavy atom. The predicted molar refractivity (Wildman–Crippen MR) is 147 cm³/mol. The highest BCUT2D eigenvalue weighted by molar-refractivity contribution is 7.99. The molecule has 0 unspecified atom stereocenters. The van der Waals surface area contributed by atoms with Gasteiger partial charge in [-0.3, -0.25) is 9.97 Å². The number of aromatic nitrogens is 4. The highest BCUT2D eigenvalue weighted by atomic mass is 32.2. The lowest BCUT2D eigenvalue weighted by molar-refractivity contribution is 0.0737. The molecule has 5 aromatic rings. The fraction of sp³-hybridized carbons (Fsp3) is 0.143. The van der Waals surface area contributed by atoms with E-state index >= 15 is 0 Å². The Morgan fingerprint density at radius 1 is 0.861 bits per heavy atom. The normalized spacial score (nSPS) is 11.5. The second-order valence-electron chi connectivity index (χ2n) is 8.90. The summed E-state index contributed by atoms with van der Waals surface area (Å²) in [6.45, 7) is 3.44. The number of benzene rings is 2. The SMILES string of the molecule is CC(C)(O)c1cccc(CSNc2nc(-c3ccc4ncccc4c3)c(-c3ccccc3)nc2N)n1. The molecule has 7 nitrogen and oxygen atoms in total. The molecule has 3 aromatic heterocycles. The summed E-state index contributed by atoms with van der Waals surface area (Å²) in [5.41, 5.74) is 11.0. The Bertz CT molecular complexity index is 1520. The minimum atomic E-state index is -0.998. The summed E-state index contributed by atoms with van der Waals surface area (Å²) in [4.78, 5) is 18.6. The number of aliphatic hydroxyl groups is 1. The van der Waals surface area contributed by atoms with Crippen LogP contribution in [0.1, 0.15) is 25.2 Å². The van der Waals surface area contributed by atoms with Crippen LogP contribution in [0, 0.1) is 0 Å². The highest BCUT2D eigenvalue weighted by Gasteiger charge is 2.18. The third-order valence-corrected chi connectivity index (χ3v) is 6.45. The second-order valence-corrected chi connectivity index (χ2v) is 9.68. The minimum absolute atomic E-state index is 0.311. The highest BCUT2D eigenvalue weighted by Crippen LogP contribution is 2.34. The number of nitrogens with two attached hydrogens (primary N) is 1. The first-order valence-electron chi connectivity index (χ1n) is 11.5. The fourth-order valence-corrected chi connectivity index (χ4v) is 4.49. The van der Waals surface area contributed by atoms with E-state index in [4.69, 9.17) is 15.7 Å². The molecule has 0 atom stereocenters. The second kappa shape index (κ2) is 9.93. The van der Waals surface area contributed by atoms with E-state index < -0.39 is 5.60 Å². The Labute approximate surface area is 214 Å². The summed E-state index contributed by atoms with van der Waals surface area (Å²) in [6, 6.07) is 25.6. The lowest BCUT2D eigenvalue weighted by Gasteiger charge is -2.17. The standard InChI is InChI=1S/C28H26N6OS/c1-28(2,35)23-12-6-11-21(31-23)17-36-34-27-26(29)32-24(18-8-4-3-5-9-18)25(33-27)20-13-14-22-19(16-20)10-7-15-30-22/h3-16,35H,17H2,1-2H3,(H2,29,32)(H,33,34). The molecular formula is C28H26N6OS. The number of pyridine rings is 2. The number of fused-ring (bicyclic) bond motifs is 1. The maximum absolute atomic E-state index is 10.3. The predicted octanol–water partition coefficient (Wildman–Crippen LogP) is 5.82. The molecular weight excluding hydrogens is 468 g/mol. The largest absolute Gasteiger partial charge is 0.384 e. The van der Waals surface area contributed by atoms with Crippen LogP contribution in [-0.2, 0) is 11.4 Å². The zero-order valence-corrected chi connectivity index (χ0v) is 20.8. The van der Waals surface area contributed by atoms with E-state index in [1.807, 2.05) is 72.8 Å². The summed E-state index contributed by atoms with van der Waals surface area (Å²) >= 11 is 1.41. The topological polar surface area (TPSA) is 110 Å². The Morgan fingerprint density at radius 2 is 1.67 bits per heavy atom. The van der Waals surface area contributed by atoms with Crippen molar-refractivity contribution >= 4 is 34.5 Å². The van der Waals surface area contributed by atoms with Gasteiger partial charge in [0.2, 0.25) is 0 Å². The van der Waals surface area contributed by atoms with Crippen molar-refractivity contribution in [2.75, 3.05) is 10.5 Å². The smallest absolute Gasteiger partial charge is 0.179 e. The maximum atomic E-state index is 10.3. The first kappa shape index (κ1) is 23.7. The zero-order valence-electron chi connectivity index (χ0n) is 20.0. The van der Waals surface area contributed by atoms with Crippen molar-refractivity contribution in [2.45, 2.75) is 25.2 Å². The van der Waals surface area contributed by atoms with Crippen LogP contribution < -0.4 is 10.5 Å². The van der Waals surface area contributed by atoms with Gasteiger partial charge >= 0.3 is 0 Å². The van der Waals surface area contributed by atoms with Crippen molar-refractivity contribution < 1.29 is 5.11 Å². The molecule has 3 heterocycles. The first-order chi connectivity index (χ1) is 17.4. The van der Waals surface area contributed by atoms with Gasteiger partial charge in [-0.15, -0.1) is 0 Å². The number of rotatable bonds is 7. The van der Waals surface area contributed by atoms with Gasteiger partial charge in [0.05, 0.1) is 34.0 Å². The number of hydrogen-bond donors (Lipinski definition) is 3. The molecule has 0 bridgehead atoms. The molecule has 0 saturated heterocycles. The Balaban J connectivity index is 1.48. The van der Waals surface area contributed by atoms with E-state index in [1.54, 1.807) is 20.0 Å². The summed E-state index contributed by atoms with van der Waals surface area (Å²) in [5, 5.41) is 11.3. The molecule has 180 valence electrons. The van der Waals surface area contributed by atoms with Gasteiger partial charge in [0.25, 0.3) is 0 Å². The monoisotopic (exact) mass is 494 g/mol. The Kier molecular flexibility index (Phi) is 6.54. The third-order valence-electron chi connectivity index (χ3n) is 5.67. The van der Waals surface area contributed by atoms with Gasteiger partial charge in [-0.05, 0) is 56.1 Å². The van der Waals surface area contributed by atoms with Crippen LogP contribution in [0.25, 0.3) is 33.4 Å². The lowest BCUT2D eigenvalue weighted by atomic mass is 10.0. The molecule has 5 rings (SSSR count). The zero-order chi connectivity index (χ0) is 25.1. The van der Waals surface area contributed by atoms with Gasteiger partial charge in [-0.1, -0.05) is 48.5 Å². The summed E-state index contributed by atoms with van der Waals surface area (Å²) in [5.74, 6) is 1.35. The molecule has 0 spiro atoms. The van der Waals surface area contributed by atoms with E-state index in [2.05, 4.69) is 20.8 Å². The maximum Gasteiger partial charge on any atom is 0.179 e. The van der Waals surface area contributed by atoms with Crippen molar-refractivity contribution in [3.63, 3.8) is 0 Å². The molecule has 4 N–H and O–H groups in total. The van der Waals surface area contributed by atoms with Crippen LogP contribution in [0.15, 0.2) is 85.1 Å². The number of nitrogen functional groups attached to an aromatic ring is 1. The molecule has 0 fully saturated rings. The van der Waals surface area contributed by atoms with Gasteiger partial charge in [-0.25, -0.2) is 9.97 Å². The summed E-state index contributed by atoms with van der Waals surface area (Å²) < 4.78 is 3.25. The number of nitrogens with zero attached hydrogens (tertiary/aromatic N) is 4. The molecule has 2 aromatic carbocycles. The molecule has 0 aliphatic carbocycles. The van der Waals surface area contributed by atoms with Crippen LogP contribution >= 0.6 is 11.9 Å². The molecule has 0 aliphatic rings. The minimum Gasteiger partial charge on any atom is -0.384 e. The van der Waals surface area contributed by atoms with Crippen molar-refractivity contribution in [1.82, 2.24) is 19.9 Å². The number of nitrogens with one attached hydrogen (secondary N) is 1. The summed E-state index contributed by atoms with van der Waals surface area (Å²) in [6.07, 6.45) is 1.78. The molecule has 8 heteroatoms. The average molecular weight is 495 g/mol. The van der Waals surface area contributed by atoms with Crippen LogP contribution in [0.3, 0.4) is 0 Å². The van der Waals surface area contributed by atoms with Crippen LogP contribution in [0.2, 0.25) is 0 Å². The average Bonchev–Trinajstić information content (AvgIpc) is 2.89. The van der Waals surface area contributed by atoms with Gasteiger partial charge < -0.3 is 15.6 Å². The van der Waals surface area contributed by atoms with Crippen LogP contribution in [-0.4, -0.2) is 25.0 Å². The number of hydrogen-bond acceptors (Lipinski definition) is 8. The van der Waals surface area contributed by atoms with Gasteiger partial charge in [0.1, 0.15) is 5.60 Å². The molecule has 36 heavy (non-hydrogen) atoms. The molecule has 0 aliphatic heterocycles. The van der Waals surface area contributed by atoms with E-state index in [9.17, 15) is 5.11 Å². The van der Waals surface area contributed by atoms with Crippen molar-refractivity contribution in [1.29, 1.82) is 0 Å². The van der Waals surface area contributed by atoms with Crippen molar-refractivity contribution in [3.8, 4) is 22.5 Å². The van der Waals surface area contributed by atoms with Gasteiger partial charge in [0, 0.05) is 22.7 Å². The van der Waals surface area contributed by atoms with Gasteiger partial charge in [-0.2, -0.15) is 0 Å². The molecule has 0 radical (unpaired) electrons. The van der Waals surface area contributed by atoms with E-state index in [0.717, 1.165) is 33.4 Å². The van der Waals surface area contributed by atoms with Crippen LogP contribution in [0.5, 0.6) is 0 Å². The number of anilines is 2. The molecule has 0 saturated carbocycles. The molecule has 0 amide bonds. The van der Waals surface area contributed by atoms with Crippen molar-refractivity contribution in [3.05, 3.63) is 96.4 Å². The quantitative estimate of drug-likeness (QED) is 0.243. The van der Waals surface area contributed by atoms with Crippen molar-refractivity contribution in [2.24, 2.45) is 0 Å². The van der Waals surface area contributed by atoms with E-state index in [1.165, 1.54) is 11.9 Å². The van der Waals surface area contributed by atoms with E-state index in [-0.39, 0.29) is 0 Å². The van der Waals surface area contributed by atoms with Crippen LogP contribution in [0.4, 0.5) is 11.6 Å². The summed E-state index contributed by atoms with van der Waals surface area (Å²) in [7, 11) is 0. The first-order valence-corrected chi connectivity index (χ1v) is 12.5. The Hall–Kier alpha value is -4.01. The van der Waals surface area contributed by atoms with E-state index in [0.29, 0.717) is 28.8 Å². The van der Waals surface area contributed by atoms with Gasteiger partial charge in [0.15, 0.2) is 11.6 Å². The fourth-order valence-electron chi connectivity index (χ4n) is 3.82.